The molecule has 2 aromatic rings. The fraction of sp³-hybridized carbons (Fsp3) is 0.0714. The van der Waals surface area contributed by atoms with E-state index in [0.717, 1.165) is 0 Å². The standard InChI is InChI=1S/C14H6F4N2O2/c15-9-7-8(10(16)12(18)11(9)17)14(22)20(13(7)21)5-6-3-1-2-4-19-6/h1-4H,5H2. The largest absolute Gasteiger partial charge is 0.268 e. The van der Waals surface area contributed by atoms with Crippen LogP contribution in [0.4, 0.5) is 17.6 Å². The number of nitrogens with zero attached hydrogens (tertiary/aromatic N) is 2. The molecule has 0 radical (unpaired) electrons. The van der Waals surface area contributed by atoms with E-state index in [9.17, 15) is 27.2 Å². The van der Waals surface area contributed by atoms with Gasteiger partial charge in [-0.25, -0.2) is 17.6 Å². The van der Waals surface area contributed by atoms with Crippen LogP contribution in [0.3, 0.4) is 0 Å². The van der Waals surface area contributed by atoms with Crippen LogP contribution in [0.5, 0.6) is 0 Å². The average Bonchev–Trinajstić information content (AvgIpc) is 2.76. The first-order valence-electron chi connectivity index (χ1n) is 6.05. The lowest BCUT2D eigenvalue weighted by atomic mass is 10.1. The Morgan fingerprint density at radius 2 is 1.41 bits per heavy atom. The van der Waals surface area contributed by atoms with Gasteiger partial charge in [-0.2, -0.15) is 0 Å². The third-order valence-electron chi connectivity index (χ3n) is 3.23. The third kappa shape index (κ3) is 1.87. The Morgan fingerprint density at radius 1 is 0.864 bits per heavy atom. The van der Waals surface area contributed by atoms with Gasteiger partial charge in [0.25, 0.3) is 11.8 Å². The number of aromatic nitrogens is 1. The summed E-state index contributed by atoms with van der Waals surface area (Å²) in [5.74, 6) is -10.5. The quantitative estimate of drug-likeness (QED) is 0.370. The summed E-state index contributed by atoms with van der Waals surface area (Å²) in [6.07, 6.45) is 1.40. The normalized spacial score (nSPS) is 13.7. The van der Waals surface area contributed by atoms with Gasteiger partial charge in [0.15, 0.2) is 23.3 Å². The fourth-order valence-corrected chi connectivity index (χ4v) is 2.19. The number of hydrogen-bond acceptors (Lipinski definition) is 3. The molecule has 2 heterocycles. The van der Waals surface area contributed by atoms with Crippen LogP contribution < -0.4 is 0 Å². The summed E-state index contributed by atoms with van der Waals surface area (Å²) in [5, 5.41) is 0. The maximum atomic E-state index is 13.7. The highest BCUT2D eigenvalue weighted by atomic mass is 19.2. The Morgan fingerprint density at radius 3 is 1.86 bits per heavy atom. The van der Waals surface area contributed by atoms with Gasteiger partial charge in [0, 0.05) is 6.20 Å². The molecule has 0 unspecified atom stereocenters. The Kier molecular flexibility index (Phi) is 3.16. The topological polar surface area (TPSA) is 50.3 Å². The molecule has 0 fully saturated rings. The summed E-state index contributed by atoms with van der Waals surface area (Å²) >= 11 is 0. The van der Waals surface area contributed by atoms with Crippen molar-refractivity contribution in [3.8, 4) is 0 Å². The number of benzene rings is 1. The number of halogens is 4. The van der Waals surface area contributed by atoms with Crippen LogP contribution in [0.2, 0.25) is 0 Å². The molecular weight excluding hydrogens is 304 g/mol. The van der Waals surface area contributed by atoms with E-state index in [1.807, 2.05) is 0 Å². The van der Waals surface area contributed by atoms with Crippen LogP contribution in [0.15, 0.2) is 24.4 Å². The Balaban J connectivity index is 2.10. The Bertz CT molecular complexity index is 761. The van der Waals surface area contributed by atoms with Gasteiger partial charge >= 0.3 is 0 Å². The van der Waals surface area contributed by atoms with Crippen LogP contribution in [0.1, 0.15) is 26.4 Å². The maximum Gasteiger partial charge on any atom is 0.265 e. The molecule has 2 amide bonds. The molecular formula is C14H6F4N2O2. The number of pyridine rings is 1. The van der Waals surface area contributed by atoms with Gasteiger partial charge in [0.1, 0.15) is 0 Å². The van der Waals surface area contributed by atoms with E-state index < -0.39 is 46.2 Å². The molecule has 22 heavy (non-hydrogen) atoms. The van der Waals surface area contributed by atoms with Crippen molar-refractivity contribution in [3.63, 3.8) is 0 Å². The molecule has 1 aromatic heterocycles. The monoisotopic (exact) mass is 310 g/mol. The summed E-state index contributed by atoms with van der Waals surface area (Å²) in [6, 6.07) is 4.66. The Labute approximate surface area is 121 Å². The van der Waals surface area contributed by atoms with E-state index in [1.165, 1.54) is 12.3 Å². The van der Waals surface area contributed by atoms with E-state index >= 15 is 0 Å². The molecule has 0 aliphatic carbocycles. The van der Waals surface area contributed by atoms with Crippen LogP contribution >= 0.6 is 0 Å². The summed E-state index contributed by atoms with van der Waals surface area (Å²) in [5.41, 5.74) is -1.92. The molecule has 0 N–H and O–H groups in total. The Hall–Kier alpha value is -2.77. The minimum Gasteiger partial charge on any atom is -0.268 e. The van der Waals surface area contributed by atoms with Crippen molar-refractivity contribution in [3.05, 3.63) is 64.5 Å². The second kappa shape index (κ2) is 4.90. The third-order valence-corrected chi connectivity index (χ3v) is 3.23. The first-order chi connectivity index (χ1) is 10.4. The number of hydrogen-bond donors (Lipinski definition) is 0. The summed E-state index contributed by atoms with van der Waals surface area (Å²) in [6.45, 7) is -0.366. The molecule has 1 aromatic carbocycles. The lowest BCUT2D eigenvalue weighted by Crippen LogP contribution is -2.29. The van der Waals surface area contributed by atoms with Crippen LogP contribution in [-0.4, -0.2) is 21.7 Å². The molecule has 0 atom stereocenters. The van der Waals surface area contributed by atoms with Gasteiger partial charge in [-0.1, -0.05) is 6.07 Å². The molecule has 8 heteroatoms. The van der Waals surface area contributed by atoms with Gasteiger partial charge in [0.2, 0.25) is 0 Å². The van der Waals surface area contributed by atoms with E-state index in [-0.39, 0.29) is 12.2 Å². The van der Waals surface area contributed by atoms with Crippen molar-refractivity contribution < 1.29 is 27.2 Å². The van der Waals surface area contributed by atoms with Crippen molar-refractivity contribution in [2.75, 3.05) is 0 Å². The smallest absolute Gasteiger partial charge is 0.265 e. The summed E-state index contributed by atoms with van der Waals surface area (Å²) in [4.78, 5) is 28.4. The highest BCUT2D eigenvalue weighted by molar-refractivity contribution is 6.21. The number of carbonyl (C=O) groups is 2. The predicted molar refractivity (Wildman–Crippen MR) is 64.7 cm³/mol. The minimum absolute atomic E-state index is 0.277. The van der Waals surface area contributed by atoms with Gasteiger partial charge in [-0.15, -0.1) is 0 Å². The second-order valence-corrected chi connectivity index (χ2v) is 4.52. The molecule has 112 valence electrons. The zero-order chi connectivity index (χ0) is 16.0. The average molecular weight is 310 g/mol. The molecule has 4 nitrogen and oxygen atoms in total. The minimum atomic E-state index is -2.13. The predicted octanol–water partition coefficient (Wildman–Crippen LogP) is 2.43. The number of fused-ring (bicyclic) bond motifs is 1. The summed E-state index contributed by atoms with van der Waals surface area (Å²) in [7, 11) is 0. The van der Waals surface area contributed by atoms with E-state index in [1.54, 1.807) is 12.1 Å². The number of rotatable bonds is 2. The fourth-order valence-electron chi connectivity index (χ4n) is 2.19. The van der Waals surface area contributed by atoms with E-state index in [2.05, 4.69) is 4.98 Å². The second-order valence-electron chi connectivity index (χ2n) is 4.52. The first kappa shape index (κ1) is 14.2. The molecule has 1 aliphatic rings. The van der Waals surface area contributed by atoms with Crippen molar-refractivity contribution in [1.82, 2.24) is 9.88 Å². The van der Waals surface area contributed by atoms with Gasteiger partial charge < -0.3 is 0 Å². The molecule has 0 saturated carbocycles. The van der Waals surface area contributed by atoms with E-state index in [4.69, 9.17) is 0 Å². The van der Waals surface area contributed by atoms with Crippen molar-refractivity contribution in [2.24, 2.45) is 0 Å². The lowest BCUT2D eigenvalue weighted by Gasteiger charge is -2.12. The zero-order valence-corrected chi connectivity index (χ0v) is 10.7. The summed E-state index contributed by atoms with van der Waals surface area (Å²) < 4.78 is 53.8. The zero-order valence-electron chi connectivity index (χ0n) is 10.7. The van der Waals surface area contributed by atoms with Crippen LogP contribution in [0.25, 0.3) is 0 Å². The molecule has 3 rings (SSSR count). The van der Waals surface area contributed by atoms with Crippen molar-refractivity contribution in [1.29, 1.82) is 0 Å². The number of imide groups is 1. The number of amides is 2. The molecule has 1 aliphatic heterocycles. The van der Waals surface area contributed by atoms with Gasteiger partial charge in [0.05, 0.1) is 23.4 Å². The van der Waals surface area contributed by atoms with Gasteiger partial charge in [-0.3, -0.25) is 19.5 Å². The van der Waals surface area contributed by atoms with Crippen molar-refractivity contribution in [2.45, 2.75) is 6.54 Å². The van der Waals surface area contributed by atoms with Crippen LogP contribution in [0, 0.1) is 23.3 Å². The molecule has 0 bridgehead atoms. The van der Waals surface area contributed by atoms with Crippen LogP contribution in [-0.2, 0) is 6.54 Å². The lowest BCUT2D eigenvalue weighted by molar-refractivity contribution is 0.0637. The highest BCUT2D eigenvalue weighted by Gasteiger charge is 2.43. The molecule has 0 saturated heterocycles. The molecule has 0 spiro atoms. The maximum absolute atomic E-state index is 13.7. The van der Waals surface area contributed by atoms with E-state index in [0.29, 0.717) is 4.90 Å². The highest BCUT2D eigenvalue weighted by Crippen LogP contribution is 2.32. The SMILES string of the molecule is O=C1c2c(F)c(F)c(F)c(F)c2C(=O)N1Cc1ccccn1. The number of carbonyl (C=O) groups excluding carboxylic acids is 2. The first-order valence-corrected chi connectivity index (χ1v) is 6.05. The van der Waals surface area contributed by atoms with Gasteiger partial charge in [-0.05, 0) is 12.1 Å². The van der Waals surface area contributed by atoms with Crippen molar-refractivity contribution >= 4 is 11.8 Å².